The molecule has 152 valence electrons. The number of piperidine rings is 1. The van der Waals surface area contributed by atoms with Crippen molar-refractivity contribution in [3.05, 3.63) is 52.2 Å². The standard InChI is InChI=1S/C22H32N4OS/c1-4-23-22(24-15-17-8-5-10-19(14-17)27-3)25-16-18-9-6-12-26(2)21(18)20-11-7-13-28-20/h5,7-8,10-11,13-14,18,21H,4,6,9,12,15-16H2,1-3H3,(H2,23,24,25). The fraction of sp³-hybridized carbons (Fsp3) is 0.500. The van der Waals surface area contributed by atoms with Crippen molar-refractivity contribution in [3.63, 3.8) is 0 Å². The first-order valence-corrected chi connectivity index (χ1v) is 11.0. The van der Waals surface area contributed by atoms with Crippen molar-refractivity contribution < 1.29 is 4.74 Å². The van der Waals surface area contributed by atoms with Crippen molar-refractivity contribution in [2.75, 3.05) is 33.8 Å². The number of thiophene rings is 1. The molecule has 1 fully saturated rings. The maximum absolute atomic E-state index is 5.31. The second-order valence-electron chi connectivity index (χ2n) is 7.27. The lowest BCUT2D eigenvalue weighted by atomic mass is 9.88. The first-order chi connectivity index (χ1) is 13.7. The predicted octanol–water partition coefficient (Wildman–Crippen LogP) is 3.89. The van der Waals surface area contributed by atoms with Crippen molar-refractivity contribution in [1.29, 1.82) is 0 Å². The van der Waals surface area contributed by atoms with Crippen LogP contribution in [0, 0.1) is 5.92 Å². The molecule has 2 aromatic rings. The van der Waals surface area contributed by atoms with Gasteiger partial charge in [-0.3, -0.25) is 4.90 Å². The van der Waals surface area contributed by atoms with Gasteiger partial charge in [0.15, 0.2) is 5.96 Å². The van der Waals surface area contributed by atoms with Crippen LogP contribution >= 0.6 is 11.3 Å². The van der Waals surface area contributed by atoms with E-state index < -0.39 is 0 Å². The van der Waals surface area contributed by atoms with Crippen molar-refractivity contribution >= 4 is 17.3 Å². The largest absolute Gasteiger partial charge is 0.497 e. The van der Waals surface area contributed by atoms with Crippen LogP contribution in [0.1, 0.15) is 36.2 Å². The van der Waals surface area contributed by atoms with E-state index in [1.165, 1.54) is 24.3 Å². The number of aliphatic imine (C=N–C) groups is 1. The Balaban J connectivity index is 1.64. The van der Waals surface area contributed by atoms with E-state index >= 15 is 0 Å². The first kappa shape index (κ1) is 20.7. The van der Waals surface area contributed by atoms with Crippen LogP contribution in [0.5, 0.6) is 5.75 Å². The Bertz CT molecular complexity index is 747. The Morgan fingerprint density at radius 2 is 2.18 bits per heavy atom. The number of hydrogen-bond acceptors (Lipinski definition) is 4. The van der Waals surface area contributed by atoms with Gasteiger partial charge in [0.05, 0.1) is 13.7 Å². The molecule has 3 rings (SSSR count). The molecule has 2 atom stereocenters. The van der Waals surface area contributed by atoms with Crippen LogP contribution in [-0.2, 0) is 6.54 Å². The number of methoxy groups -OCH3 is 1. The molecule has 2 heterocycles. The lowest BCUT2D eigenvalue weighted by molar-refractivity contribution is 0.125. The molecule has 2 N–H and O–H groups in total. The Hall–Kier alpha value is -2.05. The molecule has 0 saturated carbocycles. The van der Waals surface area contributed by atoms with Gasteiger partial charge in [-0.25, -0.2) is 4.99 Å². The van der Waals surface area contributed by atoms with Crippen molar-refractivity contribution in [2.24, 2.45) is 10.9 Å². The van der Waals surface area contributed by atoms with Crippen LogP contribution in [0.25, 0.3) is 0 Å². The zero-order chi connectivity index (χ0) is 19.8. The van der Waals surface area contributed by atoms with Gasteiger partial charge in [0, 0.05) is 24.0 Å². The molecule has 1 saturated heterocycles. The minimum absolute atomic E-state index is 0.488. The van der Waals surface area contributed by atoms with Crippen LogP contribution in [0.3, 0.4) is 0 Å². The van der Waals surface area contributed by atoms with Crippen molar-refractivity contribution in [2.45, 2.75) is 32.4 Å². The van der Waals surface area contributed by atoms with E-state index in [9.17, 15) is 0 Å². The molecule has 1 aliphatic heterocycles. The van der Waals surface area contributed by atoms with Gasteiger partial charge in [0.2, 0.25) is 0 Å². The van der Waals surface area contributed by atoms with Crippen LogP contribution in [0.15, 0.2) is 46.8 Å². The highest BCUT2D eigenvalue weighted by atomic mass is 32.1. The summed E-state index contributed by atoms with van der Waals surface area (Å²) >= 11 is 1.87. The zero-order valence-electron chi connectivity index (χ0n) is 17.1. The average Bonchev–Trinajstić information content (AvgIpc) is 3.24. The fourth-order valence-electron chi connectivity index (χ4n) is 3.89. The molecule has 1 aromatic heterocycles. The highest BCUT2D eigenvalue weighted by Crippen LogP contribution is 2.36. The Labute approximate surface area is 172 Å². The van der Waals surface area contributed by atoms with Crippen LogP contribution in [0.2, 0.25) is 0 Å². The minimum atomic E-state index is 0.488. The maximum Gasteiger partial charge on any atom is 0.191 e. The number of ether oxygens (including phenoxy) is 1. The molecule has 1 aliphatic rings. The van der Waals surface area contributed by atoms with E-state index in [1.54, 1.807) is 7.11 Å². The average molecular weight is 401 g/mol. The SMILES string of the molecule is CCNC(=NCc1cccc(OC)c1)NCC1CCCN(C)C1c1cccs1. The van der Waals surface area contributed by atoms with E-state index in [-0.39, 0.29) is 0 Å². The summed E-state index contributed by atoms with van der Waals surface area (Å²) in [5, 5.41) is 9.15. The van der Waals surface area contributed by atoms with Gasteiger partial charge in [-0.15, -0.1) is 11.3 Å². The number of likely N-dealkylation sites (tertiary alicyclic amines) is 1. The van der Waals surface area contributed by atoms with Crippen LogP contribution in [-0.4, -0.2) is 44.7 Å². The lowest BCUT2D eigenvalue weighted by Gasteiger charge is -2.39. The summed E-state index contributed by atoms with van der Waals surface area (Å²) in [4.78, 5) is 8.75. The van der Waals surface area contributed by atoms with Gasteiger partial charge < -0.3 is 15.4 Å². The molecule has 2 unspecified atom stereocenters. The van der Waals surface area contributed by atoms with Gasteiger partial charge in [0.25, 0.3) is 0 Å². The van der Waals surface area contributed by atoms with Gasteiger partial charge in [-0.05, 0) is 68.4 Å². The van der Waals surface area contributed by atoms with Gasteiger partial charge >= 0.3 is 0 Å². The summed E-state index contributed by atoms with van der Waals surface area (Å²) < 4.78 is 5.31. The number of nitrogens with one attached hydrogen (secondary N) is 2. The highest BCUT2D eigenvalue weighted by molar-refractivity contribution is 7.10. The molecule has 0 bridgehead atoms. The first-order valence-electron chi connectivity index (χ1n) is 10.1. The van der Waals surface area contributed by atoms with Crippen molar-refractivity contribution in [3.8, 4) is 5.75 Å². The number of benzene rings is 1. The second kappa shape index (κ2) is 10.5. The van der Waals surface area contributed by atoms with Crippen molar-refractivity contribution in [1.82, 2.24) is 15.5 Å². The topological polar surface area (TPSA) is 48.9 Å². The molecule has 0 radical (unpaired) electrons. The summed E-state index contributed by atoms with van der Waals surface area (Å²) in [6.45, 7) is 5.68. The third-order valence-electron chi connectivity index (χ3n) is 5.27. The van der Waals surface area contributed by atoms with E-state index in [4.69, 9.17) is 9.73 Å². The third-order valence-corrected chi connectivity index (χ3v) is 6.21. The maximum atomic E-state index is 5.31. The molecule has 0 amide bonds. The van der Waals surface area contributed by atoms with E-state index in [2.05, 4.69) is 53.1 Å². The van der Waals surface area contributed by atoms with Crippen LogP contribution in [0.4, 0.5) is 0 Å². The minimum Gasteiger partial charge on any atom is -0.497 e. The van der Waals surface area contributed by atoms with E-state index in [0.717, 1.165) is 30.4 Å². The molecule has 0 aliphatic carbocycles. The fourth-order valence-corrected chi connectivity index (χ4v) is 4.88. The zero-order valence-corrected chi connectivity index (χ0v) is 18.0. The summed E-state index contributed by atoms with van der Waals surface area (Å²) in [6, 6.07) is 13.0. The van der Waals surface area contributed by atoms with E-state index in [1.807, 2.05) is 29.5 Å². The molecule has 1 aromatic carbocycles. The quantitative estimate of drug-likeness (QED) is 0.547. The number of rotatable bonds is 7. The molecule has 6 heteroatoms. The number of hydrogen-bond donors (Lipinski definition) is 2. The van der Waals surface area contributed by atoms with Gasteiger partial charge in [-0.1, -0.05) is 18.2 Å². The second-order valence-corrected chi connectivity index (χ2v) is 8.25. The molecule has 5 nitrogen and oxygen atoms in total. The summed E-state index contributed by atoms with van der Waals surface area (Å²) in [7, 11) is 3.94. The summed E-state index contributed by atoms with van der Waals surface area (Å²) in [5.74, 6) is 2.33. The Kier molecular flexibility index (Phi) is 7.74. The van der Waals surface area contributed by atoms with E-state index in [0.29, 0.717) is 18.5 Å². The molecule has 0 spiro atoms. The Morgan fingerprint density at radius 3 is 2.93 bits per heavy atom. The smallest absolute Gasteiger partial charge is 0.191 e. The van der Waals surface area contributed by atoms with Gasteiger partial charge in [0.1, 0.15) is 5.75 Å². The third kappa shape index (κ3) is 5.49. The number of nitrogens with zero attached hydrogens (tertiary/aromatic N) is 2. The summed E-state index contributed by atoms with van der Waals surface area (Å²) in [5.41, 5.74) is 1.14. The molecule has 28 heavy (non-hydrogen) atoms. The van der Waals surface area contributed by atoms with Gasteiger partial charge in [-0.2, -0.15) is 0 Å². The predicted molar refractivity (Wildman–Crippen MR) is 118 cm³/mol. The highest BCUT2D eigenvalue weighted by Gasteiger charge is 2.31. The monoisotopic (exact) mass is 400 g/mol. The molecular weight excluding hydrogens is 368 g/mol. The summed E-state index contributed by atoms with van der Waals surface area (Å²) in [6.07, 6.45) is 2.50. The molecular formula is C22H32N4OS. The normalized spacial score (nSPS) is 20.8. The Morgan fingerprint density at radius 1 is 1.29 bits per heavy atom. The lowest BCUT2D eigenvalue weighted by Crippen LogP contribution is -2.44. The van der Waals surface area contributed by atoms with Crippen LogP contribution < -0.4 is 15.4 Å². The number of guanidine groups is 1.